The standard InChI is InChI=1S/C9H13FN2O5S2/c1-17-5-4-12-19(15,16)9-3-2-7(6-8(9)10)18(11,13)14/h2-3,6,12H,4-5H2,1H3,(H2,11,13,14). The van der Waals surface area contributed by atoms with Crippen LogP contribution in [0, 0.1) is 5.82 Å². The van der Waals surface area contributed by atoms with Gasteiger partial charge in [-0.3, -0.25) is 0 Å². The fraction of sp³-hybridized carbons (Fsp3) is 0.333. The Labute approximate surface area is 110 Å². The highest BCUT2D eigenvalue weighted by Gasteiger charge is 2.20. The van der Waals surface area contributed by atoms with Crippen LogP contribution in [-0.2, 0) is 24.8 Å². The van der Waals surface area contributed by atoms with Gasteiger partial charge < -0.3 is 4.74 Å². The average molecular weight is 312 g/mol. The van der Waals surface area contributed by atoms with E-state index in [1.807, 2.05) is 0 Å². The lowest BCUT2D eigenvalue weighted by molar-refractivity contribution is 0.204. The summed E-state index contributed by atoms with van der Waals surface area (Å²) in [6, 6.07) is 2.31. The molecule has 19 heavy (non-hydrogen) atoms. The zero-order valence-corrected chi connectivity index (χ0v) is 11.6. The average Bonchev–Trinajstić information content (AvgIpc) is 2.27. The number of nitrogens with two attached hydrogens (primary N) is 1. The molecule has 1 aromatic rings. The van der Waals surface area contributed by atoms with Gasteiger partial charge in [0.15, 0.2) is 0 Å². The summed E-state index contributed by atoms with van der Waals surface area (Å²) in [6.07, 6.45) is 0. The molecule has 0 heterocycles. The summed E-state index contributed by atoms with van der Waals surface area (Å²) in [5.41, 5.74) is 0. The van der Waals surface area contributed by atoms with Gasteiger partial charge in [0.1, 0.15) is 10.7 Å². The maximum Gasteiger partial charge on any atom is 0.243 e. The van der Waals surface area contributed by atoms with Crippen molar-refractivity contribution in [3.8, 4) is 0 Å². The molecule has 0 bridgehead atoms. The highest BCUT2D eigenvalue weighted by Crippen LogP contribution is 2.17. The number of nitrogens with one attached hydrogen (secondary N) is 1. The van der Waals surface area contributed by atoms with Crippen molar-refractivity contribution >= 4 is 20.0 Å². The minimum atomic E-state index is -4.08. The Hall–Kier alpha value is -1.07. The maximum atomic E-state index is 13.6. The SMILES string of the molecule is COCCNS(=O)(=O)c1ccc(S(N)(=O)=O)cc1F. The Kier molecular flexibility index (Phi) is 4.98. The first kappa shape index (κ1) is 16.0. The fourth-order valence-corrected chi connectivity index (χ4v) is 2.83. The first-order chi connectivity index (χ1) is 8.68. The molecule has 3 N–H and O–H groups in total. The number of benzene rings is 1. The monoisotopic (exact) mass is 312 g/mol. The highest BCUT2D eigenvalue weighted by molar-refractivity contribution is 7.89. The molecule has 0 saturated heterocycles. The molecule has 0 unspecified atom stereocenters. The van der Waals surface area contributed by atoms with Gasteiger partial charge in [0.05, 0.1) is 11.5 Å². The summed E-state index contributed by atoms with van der Waals surface area (Å²) in [4.78, 5) is -1.16. The second-order valence-electron chi connectivity index (χ2n) is 3.53. The number of halogens is 1. The molecule has 0 saturated carbocycles. The Balaban J connectivity index is 3.09. The summed E-state index contributed by atoms with van der Waals surface area (Å²) in [7, 11) is -6.77. The van der Waals surface area contributed by atoms with Crippen LogP contribution < -0.4 is 9.86 Å². The smallest absolute Gasteiger partial charge is 0.243 e. The number of hydrogen-bond donors (Lipinski definition) is 2. The van der Waals surface area contributed by atoms with Crippen LogP contribution in [0.25, 0.3) is 0 Å². The minimum Gasteiger partial charge on any atom is -0.383 e. The lowest BCUT2D eigenvalue weighted by Gasteiger charge is -2.08. The summed E-state index contributed by atoms with van der Waals surface area (Å²) in [5.74, 6) is -1.20. The van der Waals surface area contributed by atoms with E-state index in [0.717, 1.165) is 12.1 Å². The zero-order chi connectivity index (χ0) is 14.7. The summed E-state index contributed by atoms with van der Waals surface area (Å²) in [6.45, 7) is 0.0886. The van der Waals surface area contributed by atoms with Gasteiger partial charge >= 0.3 is 0 Å². The molecule has 0 amide bonds. The molecular weight excluding hydrogens is 299 g/mol. The number of methoxy groups -OCH3 is 1. The Morgan fingerprint density at radius 2 is 1.95 bits per heavy atom. The van der Waals surface area contributed by atoms with E-state index in [4.69, 9.17) is 5.14 Å². The van der Waals surface area contributed by atoms with E-state index in [1.165, 1.54) is 7.11 Å². The first-order valence-corrected chi connectivity index (χ1v) is 8.02. The molecule has 0 spiro atoms. The van der Waals surface area contributed by atoms with E-state index < -0.39 is 35.7 Å². The molecule has 0 atom stereocenters. The van der Waals surface area contributed by atoms with Crippen LogP contribution in [0.3, 0.4) is 0 Å². The second-order valence-corrected chi connectivity index (χ2v) is 6.82. The molecule has 0 radical (unpaired) electrons. The molecule has 0 aliphatic carbocycles. The van der Waals surface area contributed by atoms with Gasteiger partial charge in [-0.2, -0.15) is 0 Å². The van der Waals surface area contributed by atoms with Crippen LogP contribution in [0.5, 0.6) is 0 Å². The molecule has 108 valence electrons. The van der Waals surface area contributed by atoms with Gasteiger partial charge in [0.2, 0.25) is 20.0 Å². The van der Waals surface area contributed by atoms with Crippen molar-refractivity contribution in [1.82, 2.24) is 4.72 Å². The molecule has 0 fully saturated rings. The van der Waals surface area contributed by atoms with Crippen molar-refractivity contribution in [3.05, 3.63) is 24.0 Å². The van der Waals surface area contributed by atoms with Crippen molar-refractivity contribution < 1.29 is 26.0 Å². The van der Waals surface area contributed by atoms with E-state index >= 15 is 0 Å². The van der Waals surface area contributed by atoms with E-state index in [0.29, 0.717) is 6.07 Å². The number of sulfonamides is 2. The Bertz CT molecular complexity index is 657. The van der Waals surface area contributed by atoms with Crippen LogP contribution >= 0.6 is 0 Å². The van der Waals surface area contributed by atoms with Gasteiger partial charge in [-0.1, -0.05) is 0 Å². The number of primary sulfonamides is 1. The molecule has 10 heteroatoms. The second kappa shape index (κ2) is 5.92. The summed E-state index contributed by atoms with van der Waals surface area (Å²) >= 11 is 0. The van der Waals surface area contributed by atoms with Crippen LogP contribution in [0.2, 0.25) is 0 Å². The lowest BCUT2D eigenvalue weighted by Crippen LogP contribution is -2.28. The molecule has 0 aromatic heterocycles. The molecular formula is C9H13FN2O5S2. The van der Waals surface area contributed by atoms with Crippen molar-refractivity contribution in [1.29, 1.82) is 0 Å². The number of ether oxygens (including phenoxy) is 1. The van der Waals surface area contributed by atoms with E-state index in [1.54, 1.807) is 0 Å². The summed E-state index contributed by atoms with van der Waals surface area (Å²) < 4.78 is 65.7. The fourth-order valence-electron chi connectivity index (χ4n) is 1.23. The van der Waals surface area contributed by atoms with E-state index in [9.17, 15) is 21.2 Å². The van der Waals surface area contributed by atoms with Crippen molar-refractivity contribution in [2.75, 3.05) is 20.3 Å². The van der Waals surface area contributed by atoms with Gasteiger partial charge in [0.25, 0.3) is 0 Å². The zero-order valence-electron chi connectivity index (χ0n) is 9.96. The third-order valence-electron chi connectivity index (χ3n) is 2.12. The summed E-state index contributed by atoms with van der Waals surface area (Å²) in [5, 5.41) is 4.81. The first-order valence-electron chi connectivity index (χ1n) is 4.99. The molecule has 1 rings (SSSR count). The van der Waals surface area contributed by atoms with E-state index in [2.05, 4.69) is 9.46 Å². The van der Waals surface area contributed by atoms with E-state index in [-0.39, 0.29) is 13.2 Å². The third-order valence-corrected chi connectivity index (χ3v) is 4.52. The highest BCUT2D eigenvalue weighted by atomic mass is 32.2. The predicted octanol–water partition coefficient (Wildman–Crippen LogP) is -0.602. The predicted molar refractivity (Wildman–Crippen MR) is 64.8 cm³/mol. The molecule has 0 aliphatic rings. The molecule has 0 aliphatic heterocycles. The topological polar surface area (TPSA) is 116 Å². The normalized spacial score (nSPS) is 12.6. The number of rotatable bonds is 6. The van der Waals surface area contributed by atoms with Crippen molar-refractivity contribution in [3.63, 3.8) is 0 Å². The molecule has 7 nitrogen and oxygen atoms in total. The molecule has 1 aromatic carbocycles. The number of hydrogen-bond acceptors (Lipinski definition) is 5. The van der Waals surface area contributed by atoms with Crippen LogP contribution in [-0.4, -0.2) is 37.1 Å². The van der Waals surface area contributed by atoms with Crippen LogP contribution in [0.1, 0.15) is 0 Å². The van der Waals surface area contributed by atoms with Crippen molar-refractivity contribution in [2.24, 2.45) is 5.14 Å². The van der Waals surface area contributed by atoms with Crippen molar-refractivity contribution in [2.45, 2.75) is 9.79 Å². The Morgan fingerprint density at radius 1 is 1.32 bits per heavy atom. The lowest BCUT2D eigenvalue weighted by atomic mass is 10.3. The van der Waals surface area contributed by atoms with Gasteiger partial charge in [-0.05, 0) is 18.2 Å². The van der Waals surface area contributed by atoms with Gasteiger partial charge in [-0.25, -0.2) is 31.1 Å². The van der Waals surface area contributed by atoms with Crippen LogP contribution in [0.4, 0.5) is 4.39 Å². The minimum absolute atomic E-state index is 0.0325. The largest absolute Gasteiger partial charge is 0.383 e. The Morgan fingerprint density at radius 3 is 2.42 bits per heavy atom. The maximum absolute atomic E-state index is 13.6. The third kappa shape index (κ3) is 4.21. The van der Waals surface area contributed by atoms with Crippen LogP contribution in [0.15, 0.2) is 28.0 Å². The quantitative estimate of drug-likeness (QED) is 0.680. The van der Waals surface area contributed by atoms with Gasteiger partial charge in [-0.15, -0.1) is 0 Å². The van der Waals surface area contributed by atoms with Gasteiger partial charge in [0, 0.05) is 13.7 Å².